The summed E-state index contributed by atoms with van der Waals surface area (Å²) >= 11 is 2.87. The number of amides is 2. The van der Waals surface area contributed by atoms with Crippen LogP contribution in [0.25, 0.3) is 0 Å². The van der Waals surface area contributed by atoms with Crippen LogP contribution in [0.2, 0.25) is 0 Å². The number of rotatable bonds is 2. The molecule has 2 rings (SSSR count). The van der Waals surface area contributed by atoms with E-state index in [0.717, 1.165) is 0 Å². The predicted octanol–water partition coefficient (Wildman–Crippen LogP) is 1.28. The third-order valence-electron chi connectivity index (χ3n) is 3.25. The van der Waals surface area contributed by atoms with Crippen molar-refractivity contribution >= 4 is 41.5 Å². The average molecular weight is 348 g/mol. The van der Waals surface area contributed by atoms with E-state index < -0.39 is 29.7 Å². The van der Waals surface area contributed by atoms with Crippen molar-refractivity contribution in [3.8, 4) is 0 Å². The molecule has 0 aromatic rings. The number of aliphatic carboxylic acids is 1. The summed E-state index contributed by atoms with van der Waals surface area (Å²) in [5.74, 6) is 0.253. The van der Waals surface area contributed by atoms with Gasteiger partial charge < -0.3 is 14.7 Å². The number of hydrogen-bond acceptors (Lipinski definition) is 6. The Morgan fingerprint density at radius 1 is 1.05 bits per heavy atom. The van der Waals surface area contributed by atoms with Gasteiger partial charge in [-0.15, -0.1) is 23.5 Å². The lowest BCUT2D eigenvalue weighted by atomic mass is 10.2. The van der Waals surface area contributed by atoms with Gasteiger partial charge in [-0.25, -0.2) is 9.59 Å². The van der Waals surface area contributed by atoms with E-state index >= 15 is 0 Å². The second kappa shape index (κ2) is 6.57. The monoisotopic (exact) mass is 348 g/mol. The van der Waals surface area contributed by atoms with Gasteiger partial charge in [0.2, 0.25) is 5.91 Å². The maximum atomic E-state index is 12.6. The molecule has 0 aromatic carbocycles. The van der Waals surface area contributed by atoms with Crippen LogP contribution in [0, 0.1) is 0 Å². The zero-order chi connectivity index (χ0) is 16.5. The largest absolute Gasteiger partial charge is 0.480 e. The Morgan fingerprint density at radius 3 is 2.14 bits per heavy atom. The molecule has 0 saturated carbocycles. The molecule has 2 saturated heterocycles. The van der Waals surface area contributed by atoms with Crippen LogP contribution in [0.4, 0.5) is 4.79 Å². The molecule has 2 fully saturated rings. The highest BCUT2D eigenvalue weighted by Gasteiger charge is 2.43. The van der Waals surface area contributed by atoms with Crippen LogP contribution in [-0.4, -0.2) is 73.8 Å². The third-order valence-corrected chi connectivity index (χ3v) is 5.27. The molecule has 2 aliphatic rings. The van der Waals surface area contributed by atoms with E-state index in [1.54, 1.807) is 20.8 Å². The number of carboxylic acids is 1. The highest BCUT2D eigenvalue weighted by atomic mass is 32.2. The number of carbonyl (C=O) groups is 3. The molecular weight excluding hydrogens is 328 g/mol. The number of ether oxygens (including phenoxy) is 1. The molecule has 0 aliphatic carbocycles. The quantitative estimate of drug-likeness (QED) is 0.804. The Kier molecular flexibility index (Phi) is 5.16. The fourth-order valence-corrected chi connectivity index (χ4v) is 4.49. The topological polar surface area (TPSA) is 87.2 Å². The summed E-state index contributed by atoms with van der Waals surface area (Å²) in [6.07, 6.45) is -0.533. The average Bonchev–Trinajstić information content (AvgIpc) is 3.05. The first-order chi connectivity index (χ1) is 10.2. The first-order valence-corrected chi connectivity index (χ1v) is 9.20. The number of nitrogens with zero attached hydrogens (tertiary/aromatic N) is 2. The van der Waals surface area contributed by atoms with E-state index in [4.69, 9.17) is 4.74 Å². The minimum atomic E-state index is -1.01. The van der Waals surface area contributed by atoms with E-state index in [2.05, 4.69) is 0 Å². The second-order valence-corrected chi connectivity index (χ2v) is 8.13. The molecule has 9 heteroatoms. The summed E-state index contributed by atoms with van der Waals surface area (Å²) in [7, 11) is 0. The molecule has 1 N–H and O–H groups in total. The Morgan fingerprint density at radius 2 is 1.59 bits per heavy atom. The van der Waals surface area contributed by atoms with Crippen LogP contribution in [0.3, 0.4) is 0 Å². The van der Waals surface area contributed by atoms with Crippen LogP contribution in [-0.2, 0) is 14.3 Å². The molecule has 0 unspecified atom stereocenters. The van der Waals surface area contributed by atoms with Crippen LogP contribution in [0.5, 0.6) is 0 Å². The standard InChI is InChI=1S/C13H20N2O5S2/c1-13(2,3)20-12(19)15-7-21-4-8(15)10(16)14-6-22-5-9(14)11(17)18/h8-9H,4-7H2,1-3H3,(H,17,18)/t8-,9-/m0/s1. The number of carboxylic acid groups (broad SMARTS) is 1. The molecule has 2 heterocycles. The zero-order valence-corrected chi connectivity index (χ0v) is 14.4. The van der Waals surface area contributed by atoms with Gasteiger partial charge in [0, 0.05) is 11.5 Å². The molecule has 0 spiro atoms. The number of carbonyl (C=O) groups excluding carboxylic acids is 2. The van der Waals surface area contributed by atoms with Crippen LogP contribution < -0.4 is 0 Å². The second-order valence-electron chi connectivity index (χ2n) is 6.13. The predicted molar refractivity (Wildman–Crippen MR) is 84.8 cm³/mol. The zero-order valence-electron chi connectivity index (χ0n) is 12.8. The molecule has 0 radical (unpaired) electrons. The molecule has 2 atom stereocenters. The molecule has 0 bridgehead atoms. The van der Waals surface area contributed by atoms with Crippen molar-refractivity contribution in [2.45, 2.75) is 38.5 Å². The fraction of sp³-hybridized carbons (Fsp3) is 0.769. The summed E-state index contributed by atoms with van der Waals surface area (Å²) in [5, 5.41) is 9.19. The Hall–Kier alpha value is -1.09. The van der Waals surface area contributed by atoms with Gasteiger partial charge in [0.05, 0.1) is 11.8 Å². The summed E-state index contributed by atoms with van der Waals surface area (Å²) in [6, 6.07) is -1.47. The lowest BCUT2D eigenvalue weighted by Gasteiger charge is -2.30. The minimum Gasteiger partial charge on any atom is -0.480 e. The smallest absolute Gasteiger partial charge is 0.411 e. The molecule has 2 amide bonds. The molecular formula is C13H20N2O5S2. The Labute approximate surface area is 137 Å². The Balaban J connectivity index is 2.08. The SMILES string of the molecule is CC(C)(C)OC(=O)N1CSC[C@H]1C(=O)N1CSC[C@H]1C(=O)O. The molecule has 0 aromatic heterocycles. The van der Waals surface area contributed by atoms with Crippen molar-refractivity contribution in [3.05, 3.63) is 0 Å². The lowest BCUT2D eigenvalue weighted by molar-refractivity contribution is -0.149. The summed E-state index contributed by atoms with van der Waals surface area (Å²) < 4.78 is 5.32. The molecule has 22 heavy (non-hydrogen) atoms. The van der Waals surface area contributed by atoms with Gasteiger partial charge in [0.1, 0.15) is 17.7 Å². The summed E-state index contributed by atoms with van der Waals surface area (Å²) in [5.41, 5.74) is -0.634. The van der Waals surface area contributed by atoms with Crippen molar-refractivity contribution in [3.63, 3.8) is 0 Å². The normalized spacial score (nSPS) is 25.4. The minimum absolute atomic E-state index is 0.312. The van der Waals surface area contributed by atoms with E-state index in [9.17, 15) is 19.5 Å². The van der Waals surface area contributed by atoms with E-state index in [1.165, 1.54) is 33.3 Å². The van der Waals surface area contributed by atoms with Gasteiger partial charge in [-0.3, -0.25) is 9.69 Å². The van der Waals surface area contributed by atoms with Crippen molar-refractivity contribution in [1.82, 2.24) is 9.80 Å². The summed E-state index contributed by atoms with van der Waals surface area (Å²) in [6.45, 7) is 5.30. The third kappa shape index (κ3) is 3.81. The maximum Gasteiger partial charge on any atom is 0.411 e. The highest BCUT2D eigenvalue weighted by molar-refractivity contribution is 7.99. The van der Waals surface area contributed by atoms with Crippen molar-refractivity contribution < 1.29 is 24.2 Å². The first-order valence-electron chi connectivity index (χ1n) is 6.89. The van der Waals surface area contributed by atoms with Crippen LogP contribution in [0.15, 0.2) is 0 Å². The van der Waals surface area contributed by atoms with Crippen LogP contribution >= 0.6 is 23.5 Å². The number of hydrogen-bond donors (Lipinski definition) is 1. The molecule has 124 valence electrons. The van der Waals surface area contributed by atoms with E-state index in [0.29, 0.717) is 23.3 Å². The Bertz CT molecular complexity index is 480. The van der Waals surface area contributed by atoms with Gasteiger partial charge in [-0.2, -0.15) is 0 Å². The molecule has 7 nitrogen and oxygen atoms in total. The van der Waals surface area contributed by atoms with E-state index in [1.807, 2.05) is 0 Å². The van der Waals surface area contributed by atoms with Crippen LogP contribution in [0.1, 0.15) is 20.8 Å². The van der Waals surface area contributed by atoms with Gasteiger partial charge in [0.15, 0.2) is 0 Å². The van der Waals surface area contributed by atoms with E-state index in [-0.39, 0.29) is 5.91 Å². The van der Waals surface area contributed by atoms with Crippen molar-refractivity contribution in [2.24, 2.45) is 0 Å². The summed E-state index contributed by atoms with van der Waals surface area (Å²) in [4.78, 5) is 38.8. The first kappa shape index (κ1) is 17.3. The van der Waals surface area contributed by atoms with Gasteiger partial charge >= 0.3 is 12.1 Å². The van der Waals surface area contributed by atoms with Crippen molar-refractivity contribution in [1.29, 1.82) is 0 Å². The van der Waals surface area contributed by atoms with Gasteiger partial charge in [0.25, 0.3) is 0 Å². The highest BCUT2D eigenvalue weighted by Crippen LogP contribution is 2.28. The number of thioether (sulfide) groups is 2. The maximum absolute atomic E-state index is 12.6. The lowest BCUT2D eigenvalue weighted by Crippen LogP contribution is -2.53. The van der Waals surface area contributed by atoms with Gasteiger partial charge in [-0.1, -0.05) is 0 Å². The molecule has 2 aliphatic heterocycles. The van der Waals surface area contributed by atoms with Gasteiger partial charge in [-0.05, 0) is 20.8 Å². The fourth-order valence-electron chi connectivity index (χ4n) is 2.20. The van der Waals surface area contributed by atoms with Crippen molar-refractivity contribution in [2.75, 3.05) is 23.3 Å².